The van der Waals surface area contributed by atoms with E-state index in [1.807, 2.05) is 56.3 Å². The highest BCUT2D eigenvalue weighted by Crippen LogP contribution is 2.24. The minimum atomic E-state index is -0.140. The molecule has 0 saturated heterocycles. The number of benzene rings is 1. The molecule has 0 spiro atoms. The molecule has 6 heteroatoms. The number of nitrogens with zero attached hydrogens (tertiary/aromatic N) is 1. The molecule has 1 aromatic carbocycles. The zero-order valence-electron chi connectivity index (χ0n) is 17.7. The average Bonchev–Trinajstić information content (AvgIpc) is 3.34. The lowest BCUT2D eigenvalue weighted by Crippen LogP contribution is -2.02. The molecule has 0 atom stereocenters. The van der Waals surface area contributed by atoms with Gasteiger partial charge >= 0.3 is 0 Å². The van der Waals surface area contributed by atoms with E-state index in [2.05, 4.69) is 28.1 Å². The number of hydrogen-bond donors (Lipinski definition) is 3. The van der Waals surface area contributed by atoms with Gasteiger partial charge in [0.1, 0.15) is 18.2 Å². The summed E-state index contributed by atoms with van der Waals surface area (Å²) in [6.45, 7) is 11.5. The Morgan fingerprint density at radius 2 is 2.00 bits per heavy atom. The molecule has 31 heavy (non-hydrogen) atoms. The highest BCUT2D eigenvalue weighted by Gasteiger charge is 2.16. The molecule has 0 aliphatic rings. The van der Waals surface area contributed by atoms with E-state index in [4.69, 9.17) is 10.5 Å². The predicted molar refractivity (Wildman–Crippen MR) is 127 cm³/mol. The van der Waals surface area contributed by atoms with Crippen LogP contribution in [0.2, 0.25) is 0 Å². The van der Waals surface area contributed by atoms with Crippen molar-refractivity contribution in [2.45, 2.75) is 13.8 Å². The van der Waals surface area contributed by atoms with Crippen molar-refractivity contribution < 1.29 is 9.53 Å². The molecule has 4 N–H and O–H groups in total. The Balaban J connectivity index is 1.79. The third kappa shape index (κ3) is 5.30. The van der Waals surface area contributed by atoms with Crippen molar-refractivity contribution in [3.8, 4) is 5.75 Å². The quantitative estimate of drug-likeness (QED) is 0.262. The summed E-state index contributed by atoms with van der Waals surface area (Å²) in [6.07, 6.45) is 9.11. The maximum Gasteiger partial charge on any atom is 0.225 e. The number of aromatic nitrogens is 2. The molecule has 6 nitrogen and oxygen atoms in total. The fourth-order valence-corrected chi connectivity index (χ4v) is 3.03. The topological polar surface area (TPSA) is 96.3 Å². The number of hydrogen-bond acceptors (Lipinski definition) is 4. The molecule has 2 aromatic heterocycles. The van der Waals surface area contributed by atoms with Crippen LogP contribution in [0.15, 0.2) is 84.2 Å². The molecular weight excluding hydrogens is 388 g/mol. The van der Waals surface area contributed by atoms with Gasteiger partial charge in [-0.25, -0.2) is 4.99 Å². The fourth-order valence-electron chi connectivity index (χ4n) is 3.03. The number of H-pyrrole nitrogens is 2. The largest absolute Gasteiger partial charge is 0.489 e. The molecule has 0 bridgehead atoms. The molecule has 0 unspecified atom stereocenters. The van der Waals surface area contributed by atoms with Gasteiger partial charge in [-0.1, -0.05) is 37.5 Å². The lowest BCUT2D eigenvalue weighted by atomic mass is 10.2. The van der Waals surface area contributed by atoms with E-state index in [1.165, 1.54) is 0 Å². The van der Waals surface area contributed by atoms with Crippen molar-refractivity contribution in [3.05, 3.63) is 102 Å². The van der Waals surface area contributed by atoms with E-state index in [1.54, 1.807) is 18.4 Å². The van der Waals surface area contributed by atoms with E-state index < -0.39 is 0 Å². The Kier molecular flexibility index (Phi) is 6.72. The normalized spacial score (nSPS) is 12.1. The number of allylic oxidation sites excluding steroid dienone is 3. The summed E-state index contributed by atoms with van der Waals surface area (Å²) >= 11 is 0. The van der Waals surface area contributed by atoms with Crippen LogP contribution in [-0.4, -0.2) is 28.6 Å². The minimum absolute atomic E-state index is 0.140. The summed E-state index contributed by atoms with van der Waals surface area (Å²) in [5.41, 5.74) is 9.94. The monoisotopic (exact) mass is 414 g/mol. The number of fused-ring (bicyclic) bond motifs is 1. The molecule has 0 aliphatic carbocycles. The Labute approximate surface area is 181 Å². The summed E-state index contributed by atoms with van der Waals surface area (Å²) in [7, 11) is 0. The van der Waals surface area contributed by atoms with Gasteiger partial charge in [0.15, 0.2) is 0 Å². The molecule has 2 heterocycles. The van der Waals surface area contributed by atoms with E-state index in [0.29, 0.717) is 23.7 Å². The Bertz CT molecular complexity index is 1220. The standard InChI is InChI=1S/C25H26N4O2/c1-5-7-8-18(6-2)15-31-20-9-10-21-19(12-20)13-23(28-21)25(30)22-11-16(3)24(29-22)14-27-17(4)26/h5-14,28-29H,1,4,15,26H2,2-3H3/b8-7-,18-6+,27-14?. The molecule has 3 aromatic rings. The van der Waals surface area contributed by atoms with Gasteiger partial charge in [0, 0.05) is 10.9 Å². The molecule has 3 rings (SSSR count). The number of aryl methyl sites for hydroxylation is 1. The second-order valence-corrected chi connectivity index (χ2v) is 7.04. The van der Waals surface area contributed by atoms with Crippen LogP contribution in [0.3, 0.4) is 0 Å². The third-order valence-electron chi connectivity index (χ3n) is 4.72. The number of aliphatic imine (C=N–C) groups is 1. The van der Waals surface area contributed by atoms with E-state index in [-0.39, 0.29) is 11.6 Å². The van der Waals surface area contributed by atoms with Crippen molar-refractivity contribution in [2.75, 3.05) is 6.61 Å². The minimum Gasteiger partial charge on any atom is -0.489 e. The van der Waals surface area contributed by atoms with Gasteiger partial charge in [-0.15, -0.1) is 0 Å². The van der Waals surface area contributed by atoms with Gasteiger partial charge in [-0.05, 0) is 55.3 Å². The van der Waals surface area contributed by atoms with Crippen LogP contribution >= 0.6 is 0 Å². The van der Waals surface area contributed by atoms with E-state index >= 15 is 0 Å². The first-order valence-corrected chi connectivity index (χ1v) is 9.84. The number of nitrogens with one attached hydrogen (secondary N) is 2. The number of carbonyl (C=O) groups is 1. The van der Waals surface area contributed by atoms with Crippen LogP contribution in [-0.2, 0) is 0 Å². The van der Waals surface area contributed by atoms with Crippen molar-refractivity contribution in [3.63, 3.8) is 0 Å². The van der Waals surface area contributed by atoms with Crippen molar-refractivity contribution in [1.29, 1.82) is 0 Å². The summed E-state index contributed by atoms with van der Waals surface area (Å²) in [4.78, 5) is 23.2. The zero-order chi connectivity index (χ0) is 22.4. The fraction of sp³-hybridized carbons (Fsp3) is 0.120. The Morgan fingerprint density at radius 1 is 1.23 bits per heavy atom. The highest BCUT2D eigenvalue weighted by atomic mass is 16.5. The second-order valence-electron chi connectivity index (χ2n) is 7.04. The molecule has 0 aliphatic heterocycles. The molecule has 158 valence electrons. The molecule has 0 saturated carbocycles. The summed E-state index contributed by atoms with van der Waals surface area (Å²) in [5, 5.41) is 0.897. The van der Waals surface area contributed by atoms with Crippen LogP contribution in [0.4, 0.5) is 0 Å². The van der Waals surface area contributed by atoms with Gasteiger partial charge in [0.05, 0.1) is 23.3 Å². The first-order chi connectivity index (χ1) is 14.9. The van der Waals surface area contributed by atoms with Crippen LogP contribution in [0.5, 0.6) is 5.75 Å². The van der Waals surface area contributed by atoms with Crippen LogP contribution in [0, 0.1) is 6.92 Å². The van der Waals surface area contributed by atoms with Gasteiger partial charge < -0.3 is 20.4 Å². The molecule has 0 radical (unpaired) electrons. The van der Waals surface area contributed by atoms with Crippen LogP contribution < -0.4 is 10.5 Å². The zero-order valence-corrected chi connectivity index (χ0v) is 17.7. The third-order valence-corrected chi connectivity index (χ3v) is 4.72. The van der Waals surface area contributed by atoms with Gasteiger partial charge in [0.2, 0.25) is 5.78 Å². The maximum absolute atomic E-state index is 13.0. The molecular formula is C25H26N4O2. The van der Waals surface area contributed by atoms with Crippen LogP contribution in [0.1, 0.15) is 34.4 Å². The smallest absolute Gasteiger partial charge is 0.225 e. The lowest BCUT2D eigenvalue weighted by Gasteiger charge is -2.06. The average molecular weight is 415 g/mol. The number of ketones is 1. The number of ether oxygens (including phenoxy) is 1. The van der Waals surface area contributed by atoms with Gasteiger partial charge in [0.25, 0.3) is 0 Å². The number of carbonyl (C=O) groups excluding carboxylic acids is 1. The van der Waals surface area contributed by atoms with Gasteiger partial charge in [-0.3, -0.25) is 4.79 Å². The molecule has 0 fully saturated rings. The van der Waals surface area contributed by atoms with Crippen LogP contribution in [0.25, 0.3) is 10.9 Å². The van der Waals surface area contributed by atoms with E-state index in [0.717, 1.165) is 27.8 Å². The second kappa shape index (κ2) is 9.63. The Morgan fingerprint density at radius 3 is 2.71 bits per heavy atom. The SMILES string of the molecule is C=C/C=C\C(=C/C)COc1ccc2[nH]c(C(=O)c3cc(C)c(C=NC(=C)N)[nH]3)cc2c1. The number of rotatable bonds is 9. The number of nitrogens with two attached hydrogens (primary N) is 1. The summed E-state index contributed by atoms with van der Waals surface area (Å²) < 4.78 is 5.89. The molecule has 0 amide bonds. The van der Waals surface area contributed by atoms with Crippen molar-refractivity contribution >= 4 is 22.9 Å². The van der Waals surface area contributed by atoms with E-state index in [9.17, 15) is 4.79 Å². The van der Waals surface area contributed by atoms with Crippen molar-refractivity contribution in [1.82, 2.24) is 9.97 Å². The predicted octanol–water partition coefficient (Wildman–Crippen LogP) is 4.95. The maximum atomic E-state index is 13.0. The highest BCUT2D eigenvalue weighted by molar-refractivity contribution is 6.09. The number of aromatic amines is 2. The Hall–Kier alpha value is -4.06. The first-order valence-electron chi connectivity index (χ1n) is 9.84. The first kappa shape index (κ1) is 21.6. The van der Waals surface area contributed by atoms with Crippen molar-refractivity contribution in [2.24, 2.45) is 10.7 Å². The summed E-state index contributed by atoms with van der Waals surface area (Å²) in [5.74, 6) is 0.792. The van der Waals surface area contributed by atoms with Gasteiger partial charge in [-0.2, -0.15) is 0 Å². The summed E-state index contributed by atoms with van der Waals surface area (Å²) in [6, 6.07) is 9.31. The lowest BCUT2D eigenvalue weighted by molar-refractivity contribution is 0.103.